The van der Waals surface area contributed by atoms with E-state index in [1.54, 1.807) is 0 Å². The third-order valence-electron chi connectivity index (χ3n) is 6.33. The average Bonchev–Trinajstić information content (AvgIpc) is 2.70. The second-order valence-electron chi connectivity index (χ2n) is 7.52. The molecule has 6 atom stereocenters. The zero-order valence-electron chi connectivity index (χ0n) is 13.0. The summed E-state index contributed by atoms with van der Waals surface area (Å²) in [5.74, 6) is 3.92. The van der Waals surface area contributed by atoms with Gasteiger partial charge in [0.2, 0.25) is 0 Å². The fourth-order valence-electron chi connectivity index (χ4n) is 5.60. The summed E-state index contributed by atoms with van der Waals surface area (Å²) in [6.45, 7) is 2.15. The fraction of sp³-hybridized carbons (Fsp3) is 0.667. The van der Waals surface area contributed by atoms with E-state index in [9.17, 15) is 9.59 Å². The van der Waals surface area contributed by atoms with Crippen LogP contribution in [-0.2, 0) is 0 Å². The molecule has 4 nitrogen and oxygen atoms in total. The number of carbonyl (C=O) groups is 1. The quantitative estimate of drug-likeness (QED) is 0.934. The molecule has 3 fully saturated rings. The molecule has 0 aliphatic heterocycles. The van der Waals surface area contributed by atoms with Crippen molar-refractivity contribution >= 4 is 5.91 Å². The van der Waals surface area contributed by atoms with Crippen molar-refractivity contribution in [2.75, 3.05) is 0 Å². The van der Waals surface area contributed by atoms with Crippen LogP contribution < -0.4 is 10.9 Å². The number of hydrogen-bond acceptors (Lipinski definition) is 3. The van der Waals surface area contributed by atoms with E-state index in [0.717, 1.165) is 23.7 Å². The van der Waals surface area contributed by atoms with Crippen LogP contribution in [0, 0.1) is 29.6 Å². The van der Waals surface area contributed by atoms with Gasteiger partial charge in [-0.05, 0) is 74.7 Å². The van der Waals surface area contributed by atoms with Crippen molar-refractivity contribution in [1.82, 2.24) is 5.32 Å². The Morgan fingerprint density at radius 3 is 2.77 bits per heavy atom. The van der Waals surface area contributed by atoms with Gasteiger partial charge in [-0.25, -0.2) is 4.79 Å². The van der Waals surface area contributed by atoms with Crippen LogP contribution in [0.15, 0.2) is 27.6 Å². The molecule has 1 amide bonds. The van der Waals surface area contributed by atoms with E-state index < -0.39 is 5.63 Å². The van der Waals surface area contributed by atoms with E-state index >= 15 is 0 Å². The molecule has 1 heterocycles. The van der Waals surface area contributed by atoms with Gasteiger partial charge >= 0.3 is 5.63 Å². The van der Waals surface area contributed by atoms with Gasteiger partial charge in [0.25, 0.3) is 5.91 Å². The molecule has 1 aromatic rings. The number of fused-ring (bicyclic) bond motifs is 2. The number of rotatable bonds is 3. The van der Waals surface area contributed by atoms with Crippen molar-refractivity contribution in [2.24, 2.45) is 29.6 Å². The molecule has 1 aromatic heterocycles. The minimum Gasteiger partial charge on any atom is -0.430 e. The molecule has 0 saturated heterocycles. The topological polar surface area (TPSA) is 59.3 Å². The highest BCUT2D eigenvalue weighted by atomic mass is 16.4. The predicted molar refractivity (Wildman–Crippen MR) is 82.4 cm³/mol. The Kier molecular flexibility index (Phi) is 3.35. The molecule has 3 bridgehead atoms. The van der Waals surface area contributed by atoms with Crippen LogP contribution in [-0.4, -0.2) is 11.9 Å². The van der Waals surface area contributed by atoms with Crippen LogP contribution >= 0.6 is 0 Å². The van der Waals surface area contributed by atoms with E-state index in [0.29, 0.717) is 11.5 Å². The Morgan fingerprint density at radius 1 is 1.23 bits per heavy atom. The normalized spacial score (nSPS) is 37.0. The van der Waals surface area contributed by atoms with Crippen molar-refractivity contribution < 1.29 is 9.21 Å². The van der Waals surface area contributed by atoms with Crippen molar-refractivity contribution in [3.63, 3.8) is 0 Å². The first kappa shape index (κ1) is 14.0. The van der Waals surface area contributed by atoms with E-state index in [4.69, 9.17) is 4.42 Å². The summed E-state index contributed by atoms with van der Waals surface area (Å²) in [5, 5.41) is 3.15. The van der Waals surface area contributed by atoms with Crippen LogP contribution in [0.5, 0.6) is 0 Å². The highest BCUT2D eigenvalue weighted by molar-refractivity contribution is 5.93. The van der Waals surface area contributed by atoms with Crippen molar-refractivity contribution in [1.29, 1.82) is 0 Å². The minimum absolute atomic E-state index is 0.132. The summed E-state index contributed by atoms with van der Waals surface area (Å²) in [6.07, 6.45) is 8.13. The van der Waals surface area contributed by atoms with E-state index in [2.05, 4.69) is 12.2 Å². The molecule has 4 rings (SSSR count). The maximum absolute atomic E-state index is 12.3. The number of amides is 1. The zero-order chi connectivity index (χ0) is 15.3. The first-order valence-corrected chi connectivity index (χ1v) is 8.51. The summed E-state index contributed by atoms with van der Waals surface area (Å²) >= 11 is 0. The zero-order valence-corrected chi connectivity index (χ0v) is 13.0. The third-order valence-corrected chi connectivity index (χ3v) is 6.33. The highest BCUT2D eigenvalue weighted by Crippen LogP contribution is 2.58. The van der Waals surface area contributed by atoms with Gasteiger partial charge in [-0.3, -0.25) is 4.79 Å². The average molecular weight is 301 g/mol. The molecular formula is C18H23NO3. The van der Waals surface area contributed by atoms with Crippen LogP contribution in [0.2, 0.25) is 0 Å². The second kappa shape index (κ2) is 5.25. The number of carbonyl (C=O) groups excluding carboxylic acids is 1. The molecule has 6 unspecified atom stereocenters. The van der Waals surface area contributed by atoms with E-state index in [1.165, 1.54) is 50.5 Å². The molecular weight excluding hydrogens is 278 g/mol. The van der Waals surface area contributed by atoms with Gasteiger partial charge in [-0.2, -0.15) is 0 Å². The molecule has 0 radical (unpaired) electrons. The summed E-state index contributed by atoms with van der Waals surface area (Å²) in [7, 11) is 0. The lowest BCUT2D eigenvalue weighted by atomic mass is 9.62. The largest absolute Gasteiger partial charge is 0.430 e. The molecule has 3 aliphatic carbocycles. The lowest BCUT2D eigenvalue weighted by Crippen LogP contribution is -2.48. The summed E-state index contributed by atoms with van der Waals surface area (Å²) in [4.78, 5) is 23.3. The Hall–Kier alpha value is -1.58. The van der Waals surface area contributed by atoms with Gasteiger partial charge < -0.3 is 9.73 Å². The number of hydrogen-bond donors (Lipinski definition) is 1. The molecule has 3 aliphatic rings. The van der Waals surface area contributed by atoms with Gasteiger partial charge in [0, 0.05) is 12.1 Å². The Labute approximate surface area is 130 Å². The third kappa shape index (κ3) is 2.29. The van der Waals surface area contributed by atoms with Crippen molar-refractivity contribution in [3.05, 3.63) is 34.4 Å². The van der Waals surface area contributed by atoms with Gasteiger partial charge in [-0.1, -0.05) is 0 Å². The van der Waals surface area contributed by atoms with Crippen LogP contribution in [0.1, 0.15) is 49.4 Å². The smallest absolute Gasteiger partial charge is 0.335 e. The molecule has 0 spiro atoms. The summed E-state index contributed by atoms with van der Waals surface area (Å²) < 4.78 is 4.79. The maximum Gasteiger partial charge on any atom is 0.335 e. The number of nitrogens with one attached hydrogen (secondary N) is 1. The van der Waals surface area contributed by atoms with Crippen LogP contribution in [0.25, 0.3) is 0 Å². The first-order chi connectivity index (χ1) is 10.6. The molecule has 118 valence electrons. The SMILES string of the molecule is CC(NC(=O)c1ccc(=O)oc1)C1C2CCC3CC(C2)CC31. The lowest BCUT2D eigenvalue weighted by Gasteiger charge is -2.45. The summed E-state index contributed by atoms with van der Waals surface area (Å²) in [6, 6.07) is 3.02. The molecule has 1 N–H and O–H groups in total. The fourth-order valence-corrected chi connectivity index (χ4v) is 5.60. The van der Waals surface area contributed by atoms with Gasteiger partial charge in [0.05, 0.1) is 5.56 Å². The molecule has 0 aromatic carbocycles. The summed E-state index contributed by atoms with van der Waals surface area (Å²) in [5.41, 5.74) is 0.00269. The Morgan fingerprint density at radius 2 is 2.00 bits per heavy atom. The standard InChI is InChI=1S/C18H23NO3/c1-10(19-18(21)14-4-5-16(20)22-9-14)17-13-3-2-12-6-11(7-13)8-15(12)17/h4-5,9-13,15,17H,2-3,6-8H2,1H3,(H,19,21). The molecule has 22 heavy (non-hydrogen) atoms. The minimum atomic E-state index is -0.425. The maximum atomic E-state index is 12.3. The van der Waals surface area contributed by atoms with Crippen LogP contribution in [0.4, 0.5) is 0 Å². The van der Waals surface area contributed by atoms with E-state index in [-0.39, 0.29) is 11.9 Å². The van der Waals surface area contributed by atoms with E-state index in [1.807, 2.05) is 0 Å². The predicted octanol–water partition coefficient (Wildman–Crippen LogP) is 2.83. The van der Waals surface area contributed by atoms with Crippen molar-refractivity contribution in [2.45, 2.75) is 45.1 Å². The molecule has 4 heteroatoms. The first-order valence-electron chi connectivity index (χ1n) is 8.51. The van der Waals surface area contributed by atoms with Gasteiger partial charge in [0.15, 0.2) is 0 Å². The molecule has 3 saturated carbocycles. The highest BCUT2D eigenvalue weighted by Gasteiger charge is 2.51. The Balaban J connectivity index is 1.48. The van der Waals surface area contributed by atoms with Crippen molar-refractivity contribution in [3.8, 4) is 0 Å². The lowest BCUT2D eigenvalue weighted by molar-refractivity contribution is 0.0518. The Bertz CT molecular complexity index is 617. The van der Waals surface area contributed by atoms with Crippen LogP contribution in [0.3, 0.4) is 0 Å². The second-order valence-corrected chi connectivity index (χ2v) is 7.52. The monoisotopic (exact) mass is 301 g/mol. The van der Waals surface area contributed by atoms with Gasteiger partial charge in [-0.15, -0.1) is 0 Å². The van der Waals surface area contributed by atoms with Gasteiger partial charge in [0.1, 0.15) is 6.26 Å².